The van der Waals surface area contributed by atoms with Gasteiger partial charge in [-0.15, -0.1) is 0 Å². The van der Waals surface area contributed by atoms with Crippen LogP contribution < -0.4 is 10.1 Å². The molecule has 2 rings (SSSR count). The third-order valence-corrected chi connectivity index (χ3v) is 3.83. The number of methoxy groups -OCH3 is 1. The van der Waals surface area contributed by atoms with Gasteiger partial charge in [-0.25, -0.2) is 0 Å². The first-order valence-corrected chi connectivity index (χ1v) is 7.19. The van der Waals surface area contributed by atoms with E-state index in [1.807, 2.05) is 18.2 Å². The molecule has 20 heavy (non-hydrogen) atoms. The molecule has 0 aliphatic carbocycles. The highest BCUT2D eigenvalue weighted by Gasteiger charge is 2.09. The maximum Gasteiger partial charge on any atom is 0.125 e. The van der Waals surface area contributed by atoms with E-state index in [0.29, 0.717) is 6.54 Å². The molecule has 0 aliphatic heterocycles. The number of para-hydroxylation sites is 1. The molecule has 0 bridgehead atoms. The Balaban J connectivity index is 2.26. The number of ether oxygens (including phenoxy) is 1. The van der Waals surface area contributed by atoms with Crippen LogP contribution >= 0.6 is 11.6 Å². The smallest absolute Gasteiger partial charge is 0.125 e. The predicted octanol–water partition coefficient (Wildman–Crippen LogP) is 4.83. The monoisotopic (exact) mass is 289 g/mol. The van der Waals surface area contributed by atoms with Crippen molar-refractivity contribution in [1.82, 2.24) is 0 Å². The molecular weight excluding hydrogens is 270 g/mol. The number of rotatable bonds is 5. The van der Waals surface area contributed by atoms with Crippen LogP contribution in [0.4, 0.5) is 5.69 Å². The van der Waals surface area contributed by atoms with Gasteiger partial charge in [-0.1, -0.05) is 42.8 Å². The van der Waals surface area contributed by atoms with Gasteiger partial charge >= 0.3 is 0 Å². The molecule has 106 valence electrons. The summed E-state index contributed by atoms with van der Waals surface area (Å²) >= 11 is 6.27. The van der Waals surface area contributed by atoms with E-state index in [1.54, 1.807) is 7.11 Å². The highest BCUT2D eigenvalue weighted by Crippen LogP contribution is 2.28. The highest BCUT2D eigenvalue weighted by atomic mass is 35.5. The zero-order chi connectivity index (χ0) is 14.5. The van der Waals surface area contributed by atoms with E-state index < -0.39 is 0 Å². The molecule has 0 aliphatic rings. The van der Waals surface area contributed by atoms with Gasteiger partial charge in [0.25, 0.3) is 0 Å². The fraction of sp³-hybridized carbons (Fsp3) is 0.294. The molecule has 2 aromatic rings. The molecule has 1 N–H and O–H groups in total. The van der Waals surface area contributed by atoms with Crippen molar-refractivity contribution in [3.05, 3.63) is 58.1 Å². The second kappa shape index (κ2) is 6.67. The van der Waals surface area contributed by atoms with E-state index in [4.69, 9.17) is 16.3 Å². The van der Waals surface area contributed by atoms with Gasteiger partial charge < -0.3 is 10.1 Å². The van der Waals surface area contributed by atoms with Gasteiger partial charge in [0, 0.05) is 22.8 Å². The third-order valence-electron chi connectivity index (χ3n) is 3.48. The van der Waals surface area contributed by atoms with Crippen LogP contribution in [0.1, 0.15) is 23.6 Å². The van der Waals surface area contributed by atoms with Crippen molar-refractivity contribution in [3.63, 3.8) is 0 Å². The van der Waals surface area contributed by atoms with Crippen LogP contribution in [0.5, 0.6) is 5.75 Å². The van der Waals surface area contributed by atoms with Gasteiger partial charge in [0.1, 0.15) is 5.75 Å². The van der Waals surface area contributed by atoms with E-state index in [2.05, 4.69) is 37.4 Å². The Morgan fingerprint density at radius 3 is 2.60 bits per heavy atom. The van der Waals surface area contributed by atoms with Crippen molar-refractivity contribution < 1.29 is 4.74 Å². The van der Waals surface area contributed by atoms with Crippen LogP contribution in [0.15, 0.2) is 36.4 Å². The number of hydrogen-bond donors (Lipinski definition) is 1. The second-order valence-corrected chi connectivity index (χ2v) is 5.14. The van der Waals surface area contributed by atoms with Crippen LogP contribution in [-0.2, 0) is 13.0 Å². The van der Waals surface area contributed by atoms with E-state index in [1.165, 1.54) is 16.8 Å². The van der Waals surface area contributed by atoms with Gasteiger partial charge in [0.05, 0.1) is 7.11 Å². The number of anilines is 1. The fourth-order valence-electron chi connectivity index (χ4n) is 2.35. The fourth-order valence-corrected chi connectivity index (χ4v) is 2.59. The molecule has 0 amide bonds. The molecule has 0 aromatic heterocycles. The molecule has 2 aromatic carbocycles. The second-order valence-electron chi connectivity index (χ2n) is 4.74. The number of benzene rings is 2. The van der Waals surface area contributed by atoms with E-state index in [0.717, 1.165) is 22.8 Å². The van der Waals surface area contributed by atoms with Crippen LogP contribution in [0.3, 0.4) is 0 Å². The van der Waals surface area contributed by atoms with Gasteiger partial charge in [-0.3, -0.25) is 0 Å². The summed E-state index contributed by atoms with van der Waals surface area (Å²) in [5.74, 6) is 0.816. The van der Waals surface area contributed by atoms with Crippen LogP contribution in [-0.4, -0.2) is 7.11 Å². The van der Waals surface area contributed by atoms with E-state index in [-0.39, 0.29) is 0 Å². The molecule has 0 saturated heterocycles. The summed E-state index contributed by atoms with van der Waals surface area (Å²) in [6, 6.07) is 12.1. The Kier molecular flexibility index (Phi) is 4.91. The first kappa shape index (κ1) is 14.7. The predicted molar refractivity (Wildman–Crippen MR) is 85.9 cm³/mol. The molecule has 0 heterocycles. The maximum absolute atomic E-state index is 6.27. The summed E-state index contributed by atoms with van der Waals surface area (Å²) in [5.41, 5.74) is 4.74. The van der Waals surface area contributed by atoms with Crippen LogP contribution in [0.25, 0.3) is 0 Å². The van der Waals surface area contributed by atoms with Gasteiger partial charge in [-0.2, -0.15) is 0 Å². The van der Waals surface area contributed by atoms with E-state index in [9.17, 15) is 0 Å². The lowest BCUT2D eigenvalue weighted by Crippen LogP contribution is -2.06. The average molecular weight is 290 g/mol. The minimum atomic E-state index is 0.653. The molecule has 0 fully saturated rings. The quantitative estimate of drug-likeness (QED) is 0.851. The lowest BCUT2D eigenvalue weighted by Gasteiger charge is -2.16. The van der Waals surface area contributed by atoms with Gasteiger partial charge in [0.2, 0.25) is 0 Å². The van der Waals surface area contributed by atoms with Crippen molar-refractivity contribution in [2.45, 2.75) is 26.8 Å². The molecule has 3 heteroatoms. The summed E-state index contributed by atoms with van der Waals surface area (Å²) in [7, 11) is 1.67. The SMILES string of the molecule is CCc1cccc(C)c1NCc1c(Cl)cccc1OC. The average Bonchev–Trinajstić information content (AvgIpc) is 2.46. The number of hydrogen-bond acceptors (Lipinski definition) is 2. The maximum atomic E-state index is 6.27. The third kappa shape index (κ3) is 3.07. The lowest BCUT2D eigenvalue weighted by molar-refractivity contribution is 0.410. The van der Waals surface area contributed by atoms with Crippen molar-refractivity contribution in [1.29, 1.82) is 0 Å². The summed E-state index contributed by atoms with van der Waals surface area (Å²) in [6.45, 7) is 4.93. The highest BCUT2D eigenvalue weighted by molar-refractivity contribution is 6.31. The van der Waals surface area contributed by atoms with Crippen LogP contribution in [0.2, 0.25) is 5.02 Å². The molecule has 0 saturated carbocycles. The number of halogens is 1. The Morgan fingerprint density at radius 1 is 1.15 bits per heavy atom. The summed E-state index contributed by atoms with van der Waals surface area (Å²) < 4.78 is 5.38. The zero-order valence-electron chi connectivity index (χ0n) is 12.2. The topological polar surface area (TPSA) is 21.3 Å². The Labute approximate surface area is 125 Å². The standard InChI is InChI=1S/C17H20ClNO/c1-4-13-8-5-7-12(2)17(13)19-11-14-15(18)9-6-10-16(14)20-3/h5-10,19H,4,11H2,1-3H3. The Hall–Kier alpha value is -1.67. The first-order chi connectivity index (χ1) is 9.67. The number of aryl methyl sites for hydroxylation is 2. The van der Waals surface area contributed by atoms with Crippen molar-refractivity contribution >= 4 is 17.3 Å². The molecular formula is C17H20ClNO. The van der Waals surface area contributed by atoms with Gasteiger partial charge in [-0.05, 0) is 36.6 Å². The minimum Gasteiger partial charge on any atom is -0.496 e. The van der Waals surface area contributed by atoms with E-state index >= 15 is 0 Å². The van der Waals surface area contributed by atoms with Crippen LogP contribution in [0, 0.1) is 6.92 Å². The van der Waals surface area contributed by atoms with Crippen molar-refractivity contribution in [3.8, 4) is 5.75 Å². The van der Waals surface area contributed by atoms with Gasteiger partial charge in [0.15, 0.2) is 0 Å². The van der Waals surface area contributed by atoms with Crippen molar-refractivity contribution in [2.24, 2.45) is 0 Å². The first-order valence-electron chi connectivity index (χ1n) is 6.81. The minimum absolute atomic E-state index is 0.653. The largest absolute Gasteiger partial charge is 0.496 e. The molecule has 0 atom stereocenters. The molecule has 0 radical (unpaired) electrons. The molecule has 0 spiro atoms. The van der Waals surface area contributed by atoms with Crippen molar-refractivity contribution in [2.75, 3.05) is 12.4 Å². The Bertz CT molecular complexity index is 542. The summed E-state index contributed by atoms with van der Waals surface area (Å²) in [6.07, 6.45) is 1.00. The number of nitrogens with one attached hydrogen (secondary N) is 1. The molecule has 2 nitrogen and oxygen atoms in total. The molecule has 0 unspecified atom stereocenters. The zero-order valence-corrected chi connectivity index (χ0v) is 12.9. The Morgan fingerprint density at radius 2 is 1.90 bits per heavy atom. The summed E-state index contributed by atoms with van der Waals surface area (Å²) in [4.78, 5) is 0. The summed E-state index contributed by atoms with van der Waals surface area (Å²) in [5, 5.41) is 4.23. The normalized spacial score (nSPS) is 10.4. The lowest BCUT2D eigenvalue weighted by atomic mass is 10.1.